The number of anilines is 1. The van der Waals surface area contributed by atoms with Crippen LogP contribution in [-0.2, 0) is 20.0 Å². The predicted molar refractivity (Wildman–Crippen MR) is 55.8 cm³/mol. The van der Waals surface area contributed by atoms with E-state index < -0.39 is 0 Å². The van der Waals surface area contributed by atoms with E-state index >= 15 is 0 Å². The third-order valence-electron chi connectivity index (χ3n) is 2.30. The lowest BCUT2D eigenvalue weighted by atomic mass is 10.3. The Morgan fingerprint density at radius 1 is 1.50 bits per heavy atom. The quantitative estimate of drug-likeness (QED) is 0.786. The zero-order chi connectivity index (χ0) is 9.97. The topological polar surface area (TPSA) is 48.8 Å². The molecule has 0 aliphatic heterocycles. The van der Waals surface area contributed by atoms with Gasteiger partial charge in [-0.2, -0.15) is 5.10 Å². The molecule has 0 saturated carbocycles. The molecule has 2 aromatic heterocycles. The van der Waals surface area contributed by atoms with Gasteiger partial charge in [0, 0.05) is 38.1 Å². The van der Waals surface area contributed by atoms with Crippen LogP contribution < -0.4 is 5.73 Å². The molecule has 4 nitrogen and oxygen atoms in total. The Morgan fingerprint density at radius 3 is 2.93 bits per heavy atom. The summed E-state index contributed by atoms with van der Waals surface area (Å²) in [4.78, 5) is 0. The number of hydrogen-bond donors (Lipinski definition) is 1. The fourth-order valence-corrected chi connectivity index (χ4v) is 1.49. The van der Waals surface area contributed by atoms with E-state index in [1.807, 2.05) is 30.2 Å². The van der Waals surface area contributed by atoms with Crippen LogP contribution in [0.2, 0.25) is 0 Å². The lowest BCUT2D eigenvalue weighted by Crippen LogP contribution is -2.04. The highest BCUT2D eigenvalue weighted by Gasteiger charge is 1.98. The Balaban J connectivity index is 1.98. The van der Waals surface area contributed by atoms with Crippen molar-refractivity contribution in [2.75, 3.05) is 5.73 Å². The molecule has 0 aliphatic carbocycles. The molecule has 0 aromatic carbocycles. The summed E-state index contributed by atoms with van der Waals surface area (Å²) in [5.41, 5.74) is 7.59. The molecule has 14 heavy (non-hydrogen) atoms. The fourth-order valence-electron chi connectivity index (χ4n) is 1.49. The van der Waals surface area contributed by atoms with E-state index in [1.165, 1.54) is 5.69 Å². The van der Waals surface area contributed by atoms with Crippen LogP contribution in [0.5, 0.6) is 0 Å². The summed E-state index contributed by atoms with van der Waals surface area (Å²) in [5, 5.41) is 4.13. The molecule has 2 aromatic rings. The number of aryl methyl sites for hydroxylation is 3. The van der Waals surface area contributed by atoms with E-state index in [-0.39, 0.29) is 0 Å². The molecular weight excluding hydrogens is 176 g/mol. The Labute approximate surface area is 82.9 Å². The second-order valence-corrected chi connectivity index (χ2v) is 3.40. The van der Waals surface area contributed by atoms with Crippen molar-refractivity contribution < 1.29 is 0 Å². The maximum atomic E-state index is 5.57. The molecule has 0 saturated heterocycles. The van der Waals surface area contributed by atoms with Gasteiger partial charge < -0.3 is 10.3 Å². The number of rotatable bonds is 3. The minimum absolute atomic E-state index is 0.719. The average Bonchev–Trinajstić information content (AvgIpc) is 2.72. The normalized spacial score (nSPS) is 10.6. The molecule has 0 bridgehead atoms. The van der Waals surface area contributed by atoms with E-state index in [4.69, 9.17) is 5.73 Å². The van der Waals surface area contributed by atoms with E-state index in [1.54, 1.807) is 6.20 Å². The zero-order valence-electron chi connectivity index (χ0n) is 8.22. The van der Waals surface area contributed by atoms with Crippen LogP contribution in [0.15, 0.2) is 30.7 Å². The Morgan fingerprint density at radius 2 is 2.36 bits per heavy atom. The molecule has 74 valence electrons. The molecule has 2 N–H and O–H groups in total. The van der Waals surface area contributed by atoms with E-state index in [2.05, 4.69) is 15.7 Å². The first-order valence-electron chi connectivity index (χ1n) is 4.64. The van der Waals surface area contributed by atoms with Crippen LogP contribution in [0.4, 0.5) is 5.69 Å². The maximum Gasteiger partial charge on any atom is 0.0719 e. The first kappa shape index (κ1) is 8.87. The molecule has 2 rings (SSSR count). The van der Waals surface area contributed by atoms with Crippen LogP contribution in [0.3, 0.4) is 0 Å². The summed E-state index contributed by atoms with van der Waals surface area (Å²) >= 11 is 0. The number of nitrogens with zero attached hydrogens (tertiary/aromatic N) is 3. The lowest BCUT2D eigenvalue weighted by Gasteiger charge is -2.03. The fraction of sp³-hybridized carbons (Fsp3) is 0.300. The average molecular weight is 190 g/mol. The first-order valence-corrected chi connectivity index (χ1v) is 4.64. The van der Waals surface area contributed by atoms with Gasteiger partial charge in [0.15, 0.2) is 0 Å². The minimum atomic E-state index is 0.719. The van der Waals surface area contributed by atoms with E-state index in [9.17, 15) is 0 Å². The highest BCUT2D eigenvalue weighted by molar-refractivity contribution is 5.30. The van der Waals surface area contributed by atoms with Crippen LogP contribution in [0.25, 0.3) is 0 Å². The van der Waals surface area contributed by atoms with E-state index in [0.717, 1.165) is 18.7 Å². The summed E-state index contributed by atoms with van der Waals surface area (Å²) in [6.45, 7) is 0.870. The maximum absolute atomic E-state index is 5.57. The molecule has 0 radical (unpaired) electrons. The van der Waals surface area contributed by atoms with Gasteiger partial charge in [0.1, 0.15) is 0 Å². The second-order valence-electron chi connectivity index (χ2n) is 3.40. The number of nitrogen functional groups attached to an aromatic ring is 1. The Bertz CT molecular complexity index is 413. The number of aromatic nitrogens is 3. The van der Waals surface area contributed by atoms with Crippen LogP contribution in [0.1, 0.15) is 5.69 Å². The number of hydrogen-bond acceptors (Lipinski definition) is 2. The van der Waals surface area contributed by atoms with Crippen molar-refractivity contribution in [3.63, 3.8) is 0 Å². The molecule has 0 spiro atoms. The van der Waals surface area contributed by atoms with Gasteiger partial charge in [-0.05, 0) is 12.1 Å². The smallest absolute Gasteiger partial charge is 0.0719 e. The van der Waals surface area contributed by atoms with Gasteiger partial charge in [0.25, 0.3) is 0 Å². The van der Waals surface area contributed by atoms with Crippen molar-refractivity contribution in [1.82, 2.24) is 14.3 Å². The van der Waals surface area contributed by atoms with Gasteiger partial charge in [-0.15, -0.1) is 0 Å². The van der Waals surface area contributed by atoms with Crippen LogP contribution in [0, 0.1) is 0 Å². The molecule has 0 amide bonds. The molecule has 0 fully saturated rings. The highest BCUT2D eigenvalue weighted by Crippen LogP contribution is 2.03. The first-order chi connectivity index (χ1) is 6.75. The van der Waals surface area contributed by atoms with Gasteiger partial charge in [-0.25, -0.2) is 0 Å². The number of nitrogens with two attached hydrogens (primary N) is 1. The molecule has 0 aliphatic rings. The molecule has 0 atom stereocenters. The van der Waals surface area contributed by atoms with Crippen molar-refractivity contribution in [2.45, 2.75) is 13.0 Å². The van der Waals surface area contributed by atoms with Gasteiger partial charge in [-0.1, -0.05) is 0 Å². The molecular formula is C10H14N4. The van der Waals surface area contributed by atoms with Crippen molar-refractivity contribution in [3.05, 3.63) is 36.4 Å². The van der Waals surface area contributed by atoms with Crippen molar-refractivity contribution >= 4 is 5.69 Å². The summed E-state index contributed by atoms with van der Waals surface area (Å²) in [7, 11) is 2.05. The van der Waals surface area contributed by atoms with Crippen molar-refractivity contribution in [1.29, 1.82) is 0 Å². The zero-order valence-corrected chi connectivity index (χ0v) is 8.22. The Hall–Kier alpha value is -1.71. The summed E-state index contributed by atoms with van der Waals surface area (Å²) in [6, 6.07) is 4.17. The predicted octanol–water partition coefficient (Wildman–Crippen LogP) is 1.05. The molecule has 0 unspecified atom stereocenters. The van der Waals surface area contributed by atoms with Crippen molar-refractivity contribution in [3.8, 4) is 0 Å². The summed E-state index contributed by atoms with van der Waals surface area (Å²) in [6.07, 6.45) is 6.55. The Kier molecular flexibility index (Phi) is 2.26. The summed E-state index contributed by atoms with van der Waals surface area (Å²) in [5.74, 6) is 0. The third-order valence-corrected chi connectivity index (χ3v) is 2.30. The van der Waals surface area contributed by atoms with Crippen LogP contribution in [-0.4, -0.2) is 14.3 Å². The van der Waals surface area contributed by atoms with Crippen LogP contribution >= 0.6 is 0 Å². The van der Waals surface area contributed by atoms with Gasteiger partial charge in [-0.3, -0.25) is 4.68 Å². The van der Waals surface area contributed by atoms with Gasteiger partial charge in [0.05, 0.1) is 11.9 Å². The highest BCUT2D eigenvalue weighted by atomic mass is 15.3. The summed E-state index contributed by atoms with van der Waals surface area (Å²) < 4.78 is 3.98. The molecule has 4 heteroatoms. The standard InChI is InChI=1S/C10H14N4/c1-13-5-2-3-10(13)4-6-14-8-9(11)7-12-14/h2-3,5,7-8H,4,6,11H2,1H3. The molecule has 2 heterocycles. The van der Waals surface area contributed by atoms with Gasteiger partial charge >= 0.3 is 0 Å². The van der Waals surface area contributed by atoms with Crippen molar-refractivity contribution in [2.24, 2.45) is 7.05 Å². The minimum Gasteiger partial charge on any atom is -0.396 e. The van der Waals surface area contributed by atoms with Gasteiger partial charge in [0.2, 0.25) is 0 Å². The monoisotopic (exact) mass is 190 g/mol. The lowest BCUT2D eigenvalue weighted by molar-refractivity contribution is 0.598. The SMILES string of the molecule is Cn1cccc1CCn1cc(N)cn1. The third kappa shape index (κ3) is 1.79. The van der Waals surface area contributed by atoms with E-state index in [0.29, 0.717) is 0 Å². The largest absolute Gasteiger partial charge is 0.396 e. The second kappa shape index (κ2) is 3.57.